The summed E-state index contributed by atoms with van der Waals surface area (Å²) < 4.78 is 55.4. The molecule has 0 saturated carbocycles. The molecule has 0 aliphatic carbocycles. The number of aromatic amines is 1. The van der Waals surface area contributed by atoms with E-state index >= 15 is 0 Å². The number of rotatable bonds is 8. The topological polar surface area (TPSA) is 142 Å². The fraction of sp³-hybridized carbons (Fsp3) is 0.385. The molecule has 3 N–H and O–H groups in total. The molecule has 0 spiro atoms. The molecule has 0 amide bonds. The van der Waals surface area contributed by atoms with E-state index in [1.54, 1.807) is 19.2 Å². The first-order valence-corrected chi connectivity index (χ1v) is 17.1. The number of anilines is 2. The van der Waals surface area contributed by atoms with Crippen LogP contribution in [0.1, 0.15) is 30.3 Å². The third-order valence-corrected chi connectivity index (χ3v) is 10.3. The van der Waals surface area contributed by atoms with Crippen LogP contribution in [0.3, 0.4) is 0 Å². The van der Waals surface area contributed by atoms with Gasteiger partial charge in [-0.25, -0.2) is 26.8 Å². The molecular formula is C26H32BrN7O4S2. The van der Waals surface area contributed by atoms with Gasteiger partial charge in [-0.3, -0.25) is 4.72 Å². The molecule has 14 heteroatoms. The zero-order valence-electron chi connectivity index (χ0n) is 22.9. The molecule has 0 bridgehead atoms. The lowest BCUT2D eigenvalue weighted by molar-refractivity contribution is 0.476. The van der Waals surface area contributed by atoms with Gasteiger partial charge in [0.05, 0.1) is 33.5 Å². The van der Waals surface area contributed by atoms with Crippen molar-refractivity contribution >= 4 is 58.5 Å². The highest BCUT2D eigenvalue weighted by molar-refractivity contribution is 9.10. The van der Waals surface area contributed by atoms with Crippen molar-refractivity contribution < 1.29 is 16.8 Å². The summed E-state index contributed by atoms with van der Waals surface area (Å²) in [5.74, 6) is 0.731. The Hall–Kier alpha value is -2.94. The Morgan fingerprint density at radius 3 is 2.62 bits per heavy atom. The molecule has 1 fully saturated rings. The monoisotopic (exact) mass is 649 g/mol. The summed E-state index contributed by atoms with van der Waals surface area (Å²) in [5, 5.41) is 3.50. The summed E-state index contributed by atoms with van der Waals surface area (Å²) >= 11 is 3.59. The lowest BCUT2D eigenvalue weighted by atomic mass is 10.1. The van der Waals surface area contributed by atoms with E-state index in [0.717, 1.165) is 44.6 Å². The Labute approximate surface area is 242 Å². The lowest BCUT2D eigenvalue weighted by Crippen LogP contribution is -2.32. The van der Waals surface area contributed by atoms with Gasteiger partial charge in [-0.15, -0.1) is 0 Å². The SMILES string of the molecule is CCS(=O)(=O)N1CCC(Nc2c(Br)cnc3[nH]c(-c4cc(C)n(-c5cccc(NS(C)(=O)=O)c5C)c4C)nc23)C1. The maximum atomic E-state index is 12.3. The number of pyridine rings is 1. The Kier molecular flexibility index (Phi) is 7.48. The number of nitrogens with one attached hydrogen (secondary N) is 3. The van der Waals surface area contributed by atoms with E-state index in [4.69, 9.17) is 4.98 Å². The van der Waals surface area contributed by atoms with Crippen molar-refractivity contribution in [3.8, 4) is 17.1 Å². The third-order valence-electron chi connectivity index (χ3n) is 7.25. The van der Waals surface area contributed by atoms with E-state index in [0.29, 0.717) is 42.2 Å². The van der Waals surface area contributed by atoms with Crippen molar-refractivity contribution in [3.05, 3.63) is 51.9 Å². The van der Waals surface area contributed by atoms with Crippen LogP contribution in [0.5, 0.6) is 0 Å². The summed E-state index contributed by atoms with van der Waals surface area (Å²) in [4.78, 5) is 12.8. The minimum absolute atomic E-state index is 0.0516. The first-order chi connectivity index (χ1) is 18.8. The van der Waals surface area contributed by atoms with E-state index in [-0.39, 0.29) is 11.8 Å². The van der Waals surface area contributed by atoms with Gasteiger partial charge in [0, 0.05) is 42.3 Å². The smallest absolute Gasteiger partial charge is 0.229 e. The summed E-state index contributed by atoms with van der Waals surface area (Å²) in [6, 6.07) is 7.51. The fourth-order valence-corrected chi connectivity index (χ4v) is 7.41. The average Bonchev–Trinajstić information content (AvgIpc) is 3.59. The van der Waals surface area contributed by atoms with Crippen LogP contribution in [0.4, 0.5) is 11.4 Å². The molecular weight excluding hydrogens is 618 g/mol. The Morgan fingerprint density at radius 1 is 1.18 bits per heavy atom. The highest BCUT2D eigenvalue weighted by atomic mass is 79.9. The number of aryl methyl sites for hydroxylation is 1. The van der Waals surface area contributed by atoms with Gasteiger partial charge in [0.25, 0.3) is 0 Å². The minimum Gasteiger partial charge on any atom is -0.378 e. The predicted octanol–water partition coefficient (Wildman–Crippen LogP) is 4.31. The van der Waals surface area contributed by atoms with Gasteiger partial charge in [0.15, 0.2) is 5.65 Å². The van der Waals surface area contributed by atoms with Gasteiger partial charge in [-0.1, -0.05) is 6.07 Å². The molecule has 1 unspecified atom stereocenters. The molecule has 3 aromatic heterocycles. The molecule has 4 heterocycles. The van der Waals surface area contributed by atoms with Crippen LogP contribution in [0.15, 0.2) is 34.9 Å². The predicted molar refractivity (Wildman–Crippen MR) is 162 cm³/mol. The molecule has 1 atom stereocenters. The molecule has 1 saturated heterocycles. The molecule has 4 aromatic rings. The minimum atomic E-state index is -3.42. The Morgan fingerprint density at radius 2 is 1.93 bits per heavy atom. The fourth-order valence-electron chi connectivity index (χ4n) is 5.23. The number of fused-ring (bicyclic) bond motifs is 1. The first kappa shape index (κ1) is 28.6. The van der Waals surface area contributed by atoms with Gasteiger partial charge in [0.2, 0.25) is 20.0 Å². The number of halogens is 1. The second-order valence-corrected chi connectivity index (χ2v) is 15.0. The summed E-state index contributed by atoms with van der Waals surface area (Å²) in [6.45, 7) is 8.42. The molecule has 11 nitrogen and oxygen atoms in total. The highest BCUT2D eigenvalue weighted by Gasteiger charge is 2.31. The number of nitrogens with zero attached hydrogens (tertiary/aromatic N) is 4. The van der Waals surface area contributed by atoms with Crippen LogP contribution < -0.4 is 10.0 Å². The van der Waals surface area contributed by atoms with E-state index in [9.17, 15) is 16.8 Å². The van der Waals surface area contributed by atoms with E-state index in [1.807, 2.05) is 39.0 Å². The standard InChI is InChI=1S/C26H32BrN7O4S2/c1-6-40(37,38)33-11-10-18(14-33)29-23-20(27)13-28-26-24(23)30-25(31-26)19-12-15(2)34(17(19)4)22-9-7-8-21(16(22)3)32-39(5,35)36/h7-9,12-13,18,32H,6,10-11,14H2,1-5H3,(H2,28,29,30,31). The molecule has 40 heavy (non-hydrogen) atoms. The number of sulfonamides is 2. The number of hydrogen-bond acceptors (Lipinski definition) is 7. The maximum absolute atomic E-state index is 12.3. The maximum Gasteiger partial charge on any atom is 0.229 e. The van der Waals surface area contributed by atoms with Crippen LogP contribution in [-0.2, 0) is 20.0 Å². The van der Waals surface area contributed by atoms with Gasteiger partial charge in [-0.05, 0) is 73.8 Å². The largest absolute Gasteiger partial charge is 0.378 e. The zero-order valence-corrected chi connectivity index (χ0v) is 26.1. The summed E-state index contributed by atoms with van der Waals surface area (Å²) in [5.41, 5.74) is 7.00. The van der Waals surface area contributed by atoms with Crippen molar-refractivity contribution in [2.45, 2.75) is 40.2 Å². The Bertz CT molecular complexity index is 1830. The van der Waals surface area contributed by atoms with Gasteiger partial charge >= 0.3 is 0 Å². The van der Waals surface area contributed by atoms with Crippen LogP contribution in [0.2, 0.25) is 0 Å². The van der Waals surface area contributed by atoms with Crippen molar-refractivity contribution in [1.82, 2.24) is 23.8 Å². The number of H-pyrrole nitrogens is 1. The van der Waals surface area contributed by atoms with Gasteiger partial charge < -0.3 is 14.9 Å². The number of hydrogen-bond donors (Lipinski definition) is 3. The first-order valence-electron chi connectivity index (χ1n) is 12.8. The summed E-state index contributed by atoms with van der Waals surface area (Å²) in [7, 11) is -6.66. The van der Waals surface area contributed by atoms with Gasteiger partial charge in [0.1, 0.15) is 11.3 Å². The quantitative estimate of drug-likeness (QED) is 0.258. The van der Waals surface area contributed by atoms with Crippen LogP contribution in [0.25, 0.3) is 28.2 Å². The normalized spacial score (nSPS) is 16.6. The van der Waals surface area contributed by atoms with E-state index in [2.05, 4.69) is 40.5 Å². The van der Waals surface area contributed by atoms with Crippen molar-refractivity contribution in [3.63, 3.8) is 0 Å². The molecule has 214 valence electrons. The van der Waals surface area contributed by atoms with E-state index < -0.39 is 20.0 Å². The zero-order chi connectivity index (χ0) is 29.0. The molecule has 1 aliphatic rings. The third kappa shape index (κ3) is 5.37. The molecule has 5 rings (SSSR count). The number of imidazole rings is 1. The van der Waals surface area contributed by atoms with Crippen molar-refractivity contribution in [2.75, 3.05) is 35.1 Å². The van der Waals surface area contributed by atoms with E-state index in [1.165, 1.54) is 4.31 Å². The van der Waals surface area contributed by atoms with Crippen LogP contribution >= 0.6 is 15.9 Å². The Balaban J connectivity index is 1.51. The summed E-state index contributed by atoms with van der Waals surface area (Å²) in [6.07, 6.45) is 3.53. The second kappa shape index (κ2) is 10.5. The van der Waals surface area contributed by atoms with Crippen LogP contribution in [0, 0.1) is 20.8 Å². The second-order valence-electron chi connectivity index (χ2n) is 10.1. The molecule has 1 aliphatic heterocycles. The van der Waals surface area contributed by atoms with Gasteiger partial charge in [-0.2, -0.15) is 4.31 Å². The highest BCUT2D eigenvalue weighted by Crippen LogP contribution is 2.35. The van der Waals surface area contributed by atoms with Crippen molar-refractivity contribution in [2.24, 2.45) is 0 Å². The average molecular weight is 651 g/mol. The lowest BCUT2D eigenvalue weighted by Gasteiger charge is -2.17. The molecule has 1 aromatic carbocycles. The number of aromatic nitrogens is 4. The molecule has 0 radical (unpaired) electrons. The van der Waals surface area contributed by atoms with Crippen molar-refractivity contribution in [1.29, 1.82) is 0 Å². The van der Waals surface area contributed by atoms with Crippen LogP contribution in [-0.4, -0.2) is 71.8 Å². The number of benzene rings is 1.